The molecule has 116 valence electrons. The molecular weight excluding hydrogens is 280 g/mol. The molecule has 0 heterocycles. The number of hydrogen-bond donors (Lipinski definition) is 4. The molecular formula is C14H18O7. The highest BCUT2D eigenvalue weighted by molar-refractivity contribution is 5.89. The lowest BCUT2D eigenvalue weighted by molar-refractivity contribution is -0.145. The second kappa shape index (κ2) is 7.84. The lowest BCUT2D eigenvalue weighted by atomic mass is 10.0. The molecule has 0 saturated carbocycles. The van der Waals surface area contributed by atoms with Gasteiger partial charge in [0, 0.05) is 0 Å². The molecule has 0 fully saturated rings. The number of hydrogen-bond acceptors (Lipinski definition) is 7. The van der Waals surface area contributed by atoms with Crippen LogP contribution in [0.1, 0.15) is 17.3 Å². The van der Waals surface area contributed by atoms with Crippen molar-refractivity contribution in [2.45, 2.75) is 31.3 Å². The Morgan fingerprint density at radius 3 is 2.14 bits per heavy atom. The molecule has 0 spiro atoms. The van der Waals surface area contributed by atoms with Crippen molar-refractivity contribution in [3.63, 3.8) is 0 Å². The molecule has 0 aromatic heterocycles. The fourth-order valence-corrected chi connectivity index (χ4v) is 1.57. The van der Waals surface area contributed by atoms with Gasteiger partial charge in [0.25, 0.3) is 0 Å². The maximum atomic E-state index is 11.6. The van der Waals surface area contributed by atoms with E-state index in [1.807, 2.05) is 0 Å². The van der Waals surface area contributed by atoms with E-state index in [9.17, 15) is 30.0 Å². The number of ketones is 1. The summed E-state index contributed by atoms with van der Waals surface area (Å²) in [6.45, 7) is 0.443. The van der Waals surface area contributed by atoms with E-state index < -0.39 is 42.8 Å². The number of rotatable bonds is 7. The van der Waals surface area contributed by atoms with Crippen molar-refractivity contribution in [2.75, 3.05) is 6.61 Å². The van der Waals surface area contributed by atoms with Crippen molar-refractivity contribution < 1.29 is 34.8 Å². The van der Waals surface area contributed by atoms with Gasteiger partial charge < -0.3 is 25.2 Å². The van der Waals surface area contributed by atoms with Gasteiger partial charge in [-0.25, -0.2) is 4.79 Å². The van der Waals surface area contributed by atoms with E-state index in [4.69, 9.17) is 4.74 Å². The zero-order valence-corrected chi connectivity index (χ0v) is 11.4. The van der Waals surface area contributed by atoms with Crippen molar-refractivity contribution in [1.29, 1.82) is 0 Å². The van der Waals surface area contributed by atoms with Crippen LogP contribution in [0.25, 0.3) is 0 Å². The molecule has 7 nitrogen and oxygen atoms in total. The first-order chi connectivity index (χ1) is 9.84. The lowest BCUT2D eigenvalue weighted by Crippen LogP contribution is -2.48. The minimum absolute atomic E-state index is 0.267. The summed E-state index contributed by atoms with van der Waals surface area (Å²) in [6, 6.07) is 8.01. The van der Waals surface area contributed by atoms with Crippen molar-refractivity contribution >= 4 is 11.8 Å². The monoisotopic (exact) mass is 298 g/mol. The van der Waals surface area contributed by atoms with Gasteiger partial charge in [-0.15, -0.1) is 0 Å². The molecule has 1 aromatic rings. The molecule has 1 rings (SSSR count). The van der Waals surface area contributed by atoms with Crippen LogP contribution < -0.4 is 0 Å². The molecule has 0 saturated heterocycles. The van der Waals surface area contributed by atoms with Crippen LogP contribution >= 0.6 is 0 Å². The molecule has 0 amide bonds. The molecule has 0 aliphatic rings. The summed E-state index contributed by atoms with van der Waals surface area (Å²) in [5.74, 6) is -1.46. The minimum atomic E-state index is -1.87. The molecule has 0 aliphatic heterocycles. The van der Waals surface area contributed by atoms with Crippen LogP contribution in [0.15, 0.2) is 30.3 Å². The highest BCUT2D eigenvalue weighted by Gasteiger charge is 2.33. The van der Waals surface area contributed by atoms with E-state index >= 15 is 0 Å². The normalized spacial score (nSPS) is 16.6. The van der Waals surface area contributed by atoms with Crippen LogP contribution in [0, 0.1) is 0 Å². The average Bonchev–Trinajstić information content (AvgIpc) is 2.50. The van der Waals surface area contributed by atoms with Gasteiger partial charge in [-0.1, -0.05) is 18.2 Å². The Hall–Kier alpha value is -1.80. The Labute approximate surface area is 121 Å². The molecule has 0 bridgehead atoms. The van der Waals surface area contributed by atoms with Crippen molar-refractivity contribution in [2.24, 2.45) is 0 Å². The molecule has 1 aromatic carbocycles. The number of Topliss-reactive ketones (excluding diaryl/α,β-unsaturated/α-hetero) is 1. The van der Waals surface area contributed by atoms with Gasteiger partial charge in [-0.3, -0.25) is 4.79 Å². The van der Waals surface area contributed by atoms with E-state index in [0.29, 0.717) is 0 Å². The highest BCUT2D eigenvalue weighted by Crippen LogP contribution is 2.08. The first kappa shape index (κ1) is 17.3. The predicted molar refractivity (Wildman–Crippen MR) is 71.4 cm³/mol. The second-order valence-electron chi connectivity index (χ2n) is 4.57. The Bertz CT molecular complexity index is 473. The topological polar surface area (TPSA) is 124 Å². The molecule has 7 heteroatoms. The van der Waals surface area contributed by atoms with Crippen LogP contribution in [-0.4, -0.2) is 63.2 Å². The van der Waals surface area contributed by atoms with Crippen LogP contribution in [0.5, 0.6) is 0 Å². The largest absolute Gasteiger partial charge is 0.459 e. The van der Waals surface area contributed by atoms with Crippen LogP contribution in [0.2, 0.25) is 0 Å². The zero-order chi connectivity index (χ0) is 16.0. The summed E-state index contributed by atoms with van der Waals surface area (Å²) in [6.07, 6.45) is -7.15. The van der Waals surface area contributed by atoms with E-state index in [1.54, 1.807) is 18.2 Å². The number of ether oxygens (including phenoxy) is 1. The molecule has 0 aliphatic carbocycles. The Morgan fingerprint density at radius 1 is 1.05 bits per heavy atom. The number of aliphatic hydroxyl groups excluding tert-OH is 4. The van der Waals surface area contributed by atoms with Crippen LogP contribution in [0.3, 0.4) is 0 Å². The first-order valence-corrected chi connectivity index (χ1v) is 6.29. The summed E-state index contributed by atoms with van der Waals surface area (Å²) in [5, 5.41) is 38.0. The van der Waals surface area contributed by atoms with Gasteiger partial charge in [-0.2, -0.15) is 0 Å². The van der Waals surface area contributed by atoms with Crippen molar-refractivity contribution in [3.05, 3.63) is 35.9 Å². The standard InChI is InChI=1S/C14H18O7/c1-8(15)11(17)13(19)12(18)10(16)7-21-14(20)9-5-3-2-4-6-9/h2-6,10-13,16-19H,7H2,1H3/t10-,11+,12-,13-/m1/s1. The molecule has 0 radical (unpaired) electrons. The lowest BCUT2D eigenvalue weighted by Gasteiger charge is -2.25. The Balaban J connectivity index is 2.51. The zero-order valence-electron chi connectivity index (χ0n) is 11.4. The fourth-order valence-electron chi connectivity index (χ4n) is 1.57. The van der Waals surface area contributed by atoms with Gasteiger partial charge in [0.2, 0.25) is 0 Å². The van der Waals surface area contributed by atoms with Crippen molar-refractivity contribution in [3.8, 4) is 0 Å². The van der Waals surface area contributed by atoms with Gasteiger partial charge in [0.1, 0.15) is 31.0 Å². The molecule has 21 heavy (non-hydrogen) atoms. The maximum Gasteiger partial charge on any atom is 0.338 e. The van der Waals surface area contributed by atoms with Gasteiger partial charge in [0.15, 0.2) is 5.78 Å². The summed E-state index contributed by atoms with van der Waals surface area (Å²) in [5.41, 5.74) is 0.267. The predicted octanol–water partition coefficient (Wildman–Crippen LogP) is -1.12. The highest BCUT2D eigenvalue weighted by atomic mass is 16.5. The Kier molecular flexibility index (Phi) is 6.44. The second-order valence-corrected chi connectivity index (χ2v) is 4.57. The number of benzene rings is 1. The third-order valence-electron chi connectivity index (χ3n) is 2.88. The summed E-state index contributed by atoms with van der Waals surface area (Å²) in [7, 11) is 0. The smallest absolute Gasteiger partial charge is 0.338 e. The SMILES string of the molecule is CC(=O)[C@H](O)[C@@H](O)[C@H](O)[C@H](O)COC(=O)c1ccccc1. The third-order valence-corrected chi connectivity index (χ3v) is 2.88. The molecule has 0 unspecified atom stereocenters. The summed E-state index contributed by atoms with van der Waals surface area (Å²) < 4.78 is 4.77. The molecule has 4 atom stereocenters. The fraction of sp³-hybridized carbons (Fsp3) is 0.429. The number of carbonyl (C=O) groups excluding carboxylic acids is 2. The average molecular weight is 298 g/mol. The van der Waals surface area contributed by atoms with Crippen LogP contribution in [0.4, 0.5) is 0 Å². The third kappa shape index (κ3) is 4.91. The van der Waals surface area contributed by atoms with E-state index in [0.717, 1.165) is 6.92 Å². The van der Waals surface area contributed by atoms with Gasteiger partial charge in [-0.05, 0) is 19.1 Å². The minimum Gasteiger partial charge on any atom is -0.459 e. The Morgan fingerprint density at radius 2 is 1.62 bits per heavy atom. The first-order valence-electron chi connectivity index (χ1n) is 6.29. The number of aliphatic hydroxyl groups is 4. The molecule has 4 N–H and O–H groups in total. The van der Waals surface area contributed by atoms with Crippen molar-refractivity contribution in [1.82, 2.24) is 0 Å². The van der Waals surface area contributed by atoms with Gasteiger partial charge >= 0.3 is 5.97 Å². The van der Waals surface area contributed by atoms with E-state index in [1.165, 1.54) is 12.1 Å². The van der Waals surface area contributed by atoms with Gasteiger partial charge in [0.05, 0.1) is 5.56 Å². The van der Waals surface area contributed by atoms with E-state index in [2.05, 4.69) is 0 Å². The van der Waals surface area contributed by atoms with Crippen LogP contribution in [-0.2, 0) is 9.53 Å². The quantitative estimate of drug-likeness (QED) is 0.470. The number of carbonyl (C=O) groups is 2. The van der Waals surface area contributed by atoms with E-state index in [-0.39, 0.29) is 5.56 Å². The number of esters is 1. The summed E-state index contributed by atoms with van der Waals surface area (Å²) >= 11 is 0. The summed E-state index contributed by atoms with van der Waals surface area (Å²) in [4.78, 5) is 22.5. The maximum absolute atomic E-state index is 11.6.